The maximum Gasteiger partial charge on any atom is 0.271 e. The van der Waals surface area contributed by atoms with Gasteiger partial charge in [0.1, 0.15) is 5.82 Å². The molecule has 3 rings (SSSR count). The monoisotopic (exact) mass is 439 g/mol. The van der Waals surface area contributed by atoms with Gasteiger partial charge >= 0.3 is 0 Å². The molecule has 0 aliphatic heterocycles. The van der Waals surface area contributed by atoms with Crippen molar-refractivity contribution in [1.29, 1.82) is 0 Å². The van der Waals surface area contributed by atoms with Gasteiger partial charge in [-0.15, -0.1) is 0 Å². The number of hydrogen-bond acceptors (Lipinski definition) is 4. The van der Waals surface area contributed by atoms with Gasteiger partial charge in [0.05, 0.1) is 11.1 Å². The molecule has 0 heterocycles. The van der Waals surface area contributed by atoms with E-state index in [1.54, 1.807) is 60.7 Å². The molecule has 0 bridgehead atoms. The summed E-state index contributed by atoms with van der Waals surface area (Å²) in [5.41, 5.74) is 4.98. The van der Waals surface area contributed by atoms with Crippen molar-refractivity contribution in [3.05, 3.63) is 101 Å². The molecule has 160 valence electrons. The Bertz CT molecular complexity index is 1190. The fraction of sp³-hybridized carbons (Fsp3) is 0.130. The normalized spacial score (nSPS) is 11.7. The minimum atomic E-state index is -3.61. The third-order valence-corrected chi connectivity index (χ3v) is 6.40. The number of amides is 1. The Morgan fingerprint density at radius 1 is 1.06 bits per heavy atom. The highest BCUT2D eigenvalue weighted by molar-refractivity contribution is 7.89. The van der Waals surface area contributed by atoms with Gasteiger partial charge in [-0.1, -0.05) is 42.0 Å². The van der Waals surface area contributed by atoms with E-state index in [9.17, 15) is 17.6 Å². The van der Waals surface area contributed by atoms with E-state index in [1.807, 2.05) is 6.92 Å². The average Bonchev–Trinajstić information content (AvgIpc) is 2.74. The van der Waals surface area contributed by atoms with Gasteiger partial charge < -0.3 is 0 Å². The summed E-state index contributed by atoms with van der Waals surface area (Å²) in [6.45, 7) is 2.06. The number of carbonyl (C=O) groups excluding carboxylic acids is 1. The topological polar surface area (TPSA) is 78.8 Å². The van der Waals surface area contributed by atoms with Crippen molar-refractivity contribution < 1.29 is 17.6 Å². The molecule has 3 aromatic rings. The largest absolute Gasteiger partial charge is 0.271 e. The zero-order valence-corrected chi connectivity index (χ0v) is 17.9. The van der Waals surface area contributed by atoms with Crippen LogP contribution in [0.3, 0.4) is 0 Å². The highest BCUT2D eigenvalue weighted by Crippen LogP contribution is 2.17. The third-order valence-electron chi connectivity index (χ3n) is 4.58. The smallest absolute Gasteiger partial charge is 0.267 e. The summed E-state index contributed by atoms with van der Waals surface area (Å²) in [5, 5.41) is 3.82. The number of benzene rings is 3. The van der Waals surface area contributed by atoms with E-state index in [-0.39, 0.29) is 17.3 Å². The number of rotatable bonds is 7. The van der Waals surface area contributed by atoms with Crippen LogP contribution in [0.15, 0.2) is 82.8 Å². The number of halogens is 1. The van der Waals surface area contributed by atoms with Crippen molar-refractivity contribution >= 4 is 22.1 Å². The Labute approximate surface area is 181 Å². The lowest BCUT2D eigenvalue weighted by atomic mass is 10.1. The van der Waals surface area contributed by atoms with Gasteiger partial charge in [0, 0.05) is 19.2 Å². The van der Waals surface area contributed by atoms with Gasteiger partial charge in [0.15, 0.2) is 0 Å². The minimum Gasteiger partial charge on any atom is -0.267 e. The van der Waals surface area contributed by atoms with Crippen LogP contribution in [0.1, 0.15) is 27.0 Å². The highest BCUT2D eigenvalue weighted by Gasteiger charge is 2.20. The summed E-state index contributed by atoms with van der Waals surface area (Å²) in [6.07, 6.45) is 1.35. The van der Waals surface area contributed by atoms with Crippen molar-refractivity contribution in [2.45, 2.75) is 18.4 Å². The fourth-order valence-electron chi connectivity index (χ4n) is 2.81. The minimum absolute atomic E-state index is 0.163. The van der Waals surface area contributed by atoms with Crippen molar-refractivity contribution in [2.24, 2.45) is 5.10 Å². The Kier molecular flexibility index (Phi) is 6.94. The standard InChI is InChI=1S/C23H22FN3O3S/c1-17-6-12-22(13-7-17)31(29,30)27(2)16-18-8-10-20(11-9-18)23(28)26-25-15-19-4-3-5-21(24)14-19/h3-15H,16H2,1-2H3,(H,26,28)/b25-15-. The second-order valence-electron chi connectivity index (χ2n) is 7.03. The lowest BCUT2D eigenvalue weighted by Crippen LogP contribution is -2.26. The van der Waals surface area contributed by atoms with E-state index in [1.165, 1.54) is 29.7 Å². The Hall–Kier alpha value is -3.36. The summed E-state index contributed by atoms with van der Waals surface area (Å²) < 4.78 is 39.8. The number of hydrazone groups is 1. The summed E-state index contributed by atoms with van der Waals surface area (Å²) in [7, 11) is -2.10. The molecule has 0 aliphatic rings. The van der Waals surface area contributed by atoms with E-state index in [0.717, 1.165) is 11.1 Å². The SMILES string of the molecule is Cc1ccc(S(=O)(=O)N(C)Cc2ccc(C(=O)N/N=C\c3cccc(F)c3)cc2)cc1. The van der Waals surface area contributed by atoms with Gasteiger partial charge in [-0.3, -0.25) is 4.79 Å². The van der Waals surface area contributed by atoms with Crippen LogP contribution in [0.25, 0.3) is 0 Å². The van der Waals surface area contributed by atoms with E-state index in [2.05, 4.69) is 10.5 Å². The molecule has 0 saturated carbocycles. The van der Waals surface area contributed by atoms with Gasteiger partial charge in [-0.25, -0.2) is 18.2 Å². The predicted molar refractivity (Wildman–Crippen MR) is 118 cm³/mol. The predicted octanol–water partition coefficient (Wildman–Crippen LogP) is 3.72. The molecule has 0 atom stereocenters. The first-order valence-electron chi connectivity index (χ1n) is 9.46. The van der Waals surface area contributed by atoms with E-state index >= 15 is 0 Å². The summed E-state index contributed by atoms with van der Waals surface area (Å²) in [5.74, 6) is -0.819. The van der Waals surface area contributed by atoms with Crippen LogP contribution in [0.2, 0.25) is 0 Å². The Morgan fingerprint density at radius 3 is 2.39 bits per heavy atom. The number of nitrogens with one attached hydrogen (secondary N) is 1. The van der Waals surface area contributed by atoms with Crippen LogP contribution in [0.4, 0.5) is 4.39 Å². The first-order chi connectivity index (χ1) is 14.8. The molecule has 6 nitrogen and oxygen atoms in total. The van der Waals surface area contributed by atoms with Crippen LogP contribution in [0.5, 0.6) is 0 Å². The van der Waals surface area contributed by atoms with Gasteiger partial charge in [0.25, 0.3) is 5.91 Å². The fourth-order valence-corrected chi connectivity index (χ4v) is 3.97. The second kappa shape index (κ2) is 9.63. The van der Waals surface area contributed by atoms with E-state index < -0.39 is 15.9 Å². The zero-order valence-electron chi connectivity index (χ0n) is 17.1. The maximum atomic E-state index is 13.1. The lowest BCUT2D eigenvalue weighted by Gasteiger charge is -2.17. The van der Waals surface area contributed by atoms with Crippen LogP contribution >= 0.6 is 0 Å². The highest BCUT2D eigenvalue weighted by atomic mass is 32.2. The van der Waals surface area contributed by atoms with Crippen LogP contribution in [0, 0.1) is 12.7 Å². The van der Waals surface area contributed by atoms with Crippen molar-refractivity contribution in [2.75, 3.05) is 7.05 Å². The molecule has 31 heavy (non-hydrogen) atoms. The molecule has 0 unspecified atom stereocenters. The Balaban J connectivity index is 1.61. The quantitative estimate of drug-likeness (QED) is 0.450. The van der Waals surface area contributed by atoms with Gasteiger partial charge in [-0.2, -0.15) is 9.41 Å². The summed E-state index contributed by atoms with van der Waals surface area (Å²) in [6, 6.07) is 19.1. The van der Waals surface area contributed by atoms with Crippen LogP contribution in [-0.4, -0.2) is 31.9 Å². The molecule has 0 aliphatic carbocycles. The molecule has 1 amide bonds. The molecule has 0 spiro atoms. The first-order valence-corrected chi connectivity index (χ1v) is 10.9. The number of aryl methyl sites for hydroxylation is 1. The number of sulfonamides is 1. The van der Waals surface area contributed by atoms with Crippen LogP contribution < -0.4 is 5.43 Å². The second-order valence-corrected chi connectivity index (χ2v) is 9.07. The van der Waals surface area contributed by atoms with Gasteiger partial charge in [0.2, 0.25) is 10.0 Å². The van der Waals surface area contributed by atoms with Crippen molar-refractivity contribution in [3.8, 4) is 0 Å². The third kappa shape index (κ3) is 5.84. The number of nitrogens with zero attached hydrogens (tertiary/aromatic N) is 2. The molecule has 0 aromatic heterocycles. The molecule has 0 saturated heterocycles. The van der Waals surface area contributed by atoms with Gasteiger partial charge in [-0.05, 0) is 54.4 Å². The summed E-state index contributed by atoms with van der Waals surface area (Å²) in [4.78, 5) is 12.4. The number of hydrogen-bond donors (Lipinski definition) is 1. The molecular weight excluding hydrogens is 417 g/mol. The Morgan fingerprint density at radius 2 is 1.74 bits per heavy atom. The molecule has 0 fully saturated rings. The number of carbonyl (C=O) groups is 1. The summed E-state index contributed by atoms with van der Waals surface area (Å²) >= 11 is 0. The lowest BCUT2D eigenvalue weighted by molar-refractivity contribution is 0.0955. The average molecular weight is 440 g/mol. The first kappa shape index (κ1) is 22.3. The van der Waals surface area contributed by atoms with Crippen LogP contribution in [-0.2, 0) is 16.6 Å². The van der Waals surface area contributed by atoms with Crippen molar-refractivity contribution in [3.63, 3.8) is 0 Å². The van der Waals surface area contributed by atoms with E-state index in [0.29, 0.717) is 11.1 Å². The maximum absolute atomic E-state index is 13.1. The molecular formula is C23H22FN3O3S. The molecule has 0 radical (unpaired) electrons. The van der Waals surface area contributed by atoms with E-state index in [4.69, 9.17) is 0 Å². The molecule has 3 aromatic carbocycles. The molecule has 8 heteroatoms. The zero-order chi connectivity index (χ0) is 22.4. The molecule has 1 N–H and O–H groups in total. The van der Waals surface area contributed by atoms with Crippen molar-refractivity contribution in [1.82, 2.24) is 9.73 Å².